The zero-order valence-corrected chi connectivity index (χ0v) is 14.0. The molecular weight excluding hydrogens is 298 g/mol. The predicted octanol–water partition coefficient (Wildman–Crippen LogP) is 4.16. The van der Waals surface area contributed by atoms with Crippen LogP contribution < -0.4 is 0 Å². The molecule has 0 radical (unpaired) electrons. The van der Waals surface area contributed by atoms with E-state index in [1.807, 2.05) is 35.4 Å². The fourth-order valence-corrected chi connectivity index (χ4v) is 3.69. The minimum atomic E-state index is 0.113. The number of fused-ring (bicyclic) bond motifs is 1. The van der Waals surface area contributed by atoms with Crippen molar-refractivity contribution < 1.29 is 4.79 Å². The van der Waals surface area contributed by atoms with Gasteiger partial charge in [0.15, 0.2) is 0 Å². The van der Waals surface area contributed by atoms with Crippen molar-refractivity contribution in [2.45, 2.75) is 32.7 Å². The molecule has 4 rings (SSSR count). The Labute approximate surface area is 141 Å². The van der Waals surface area contributed by atoms with Crippen LogP contribution in [-0.4, -0.2) is 27.3 Å². The van der Waals surface area contributed by atoms with Crippen LogP contribution in [0.25, 0.3) is 10.9 Å². The van der Waals surface area contributed by atoms with E-state index in [-0.39, 0.29) is 11.9 Å². The molecule has 1 aliphatic heterocycles. The van der Waals surface area contributed by atoms with Gasteiger partial charge in [-0.3, -0.25) is 9.78 Å². The molecule has 4 heteroatoms. The zero-order valence-electron chi connectivity index (χ0n) is 14.0. The summed E-state index contributed by atoms with van der Waals surface area (Å²) in [6, 6.07) is 10.1. The maximum Gasteiger partial charge on any atom is 0.254 e. The number of benzene rings is 1. The second-order valence-electron chi connectivity index (χ2n) is 6.58. The molecule has 122 valence electrons. The van der Waals surface area contributed by atoms with E-state index in [0.717, 1.165) is 47.1 Å². The number of rotatable bonds is 2. The molecular formula is C20H21N3O. The first-order valence-electron chi connectivity index (χ1n) is 8.45. The lowest BCUT2D eigenvalue weighted by molar-refractivity contribution is 0.0735. The quantitative estimate of drug-likeness (QED) is 0.771. The van der Waals surface area contributed by atoms with Crippen LogP contribution in [0.5, 0.6) is 0 Å². The van der Waals surface area contributed by atoms with Crippen LogP contribution in [0.15, 0.2) is 42.7 Å². The summed E-state index contributed by atoms with van der Waals surface area (Å²) < 4.78 is 0. The van der Waals surface area contributed by atoms with Gasteiger partial charge in [0.1, 0.15) is 0 Å². The molecule has 3 aromatic rings. The number of aromatic amines is 1. The van der Waals surface area contributed by atoms with Crippen LogP contribution in [0.2, 0.25) is 0 Å². The molecule has 1 amide bonds. The monoisotopic (exact) mass is 319 g/mol. The number of aryl methyl sites for hydroxylation is 2. The Kier molecular flexibility index (Phi) is 3.60. The van der Waals surface area contributed by atoms with E-state index in [0.29, 0.717) is 0 Å². The molecule has 1 N–H and O–H groups in total. The second-order valence-corrected chi connectivity index (χ2v) is 6.58. The first kappa shape index (κ1) is 14.9. The lowest BCUT2D eigenvalue weighted by Gasteiger charge is -2.25. The third-order valence-corrected chi connectivity index (χ3v) is 5.14. The summed E-state index contributed by atoms with van der Waals surface area (Å²) in [5, 5.41) is 1.13. The molecule has 0 aliphatic carbocycles. The molecule has 4 nitrogen and oxygen atoms in total. The Balaban J connectivity index is 1.69. The molecule has 3 heterocycles. The zero-order chi connectivity index (χ0) is 16.7. The number of hydrogen-bond donors (Lipinski definition) is 1. The van der Waals surface area contributed by atoms with Gasteiger partial charge in [-0.1, -0.05) is 6.07 Å². The van der Waals surface area contributed by atoms with Crippen LogP contribution >= 0.6 is 0 Å². The number of carbonyl (C=O) groups excluding carboxylic acids is 1. The van der Waals surface area contributed by atoms with Crippen molar-refractivity contribution in [2.24, 2.45) is 0 Å². The van der Waals surface area contributed by atoms with Crippen molar-refractivity contribution in [1.29, 1.82) is 0 Å². The summed E-state index contributed by atoms with van der Waals surface area (Å²) in [5.74, 6) is 0.113. The number of nitrogens with one attached hydrogen (secondary N) is 1. The molecule has 0 spiro atoms. The molecule has 24 heavy (non-hydrogen) atoms. The standard InChI is InChI=1S/C20H21N3O/c1-13-14(2)22-18-8-7-15(11-17(13)18)20(24)23-10-4-6-19(23)16-5-3-9-21-12-16/h3,5,7-9,11-12,19,22H,4,6,10H2,1-2H3. The largest absolute Gasteiger partial charge is 0.358 e. The molecule has 1 unspecified atom stereocenters. The van der Waals surface area contributed by atoms with Crippen LogP contribution in [0.1, 0.15) is 46.1 Å². The normalized spacial score (nSPS) is 17.6. The van der Waals surface area contributed by atoms with E-state index in [1.165, 1.54) is 5.56 Å². The minimum absolute atomic E-state index is 0.113. The number of nitrogens with zero attached hydrogens (tertiary/aromatic N) is 2. The van der Waals surface area contributed by atoms with Gasteiger partial charge < -0.3 is 9.88 Å². The number of hydrogen-bond acceptors (Lipinski definition) is 2. The Bertz CT molecular complexity index is 898. The van der Waals surface area contributed by atoms with Crippen LogP contribution in [0.4, 0.5) is 0 Å². The summed E-state index contributed by atoms with van der Waals surface area (Å²) in [5.41, 5.74) is 5.35. The van der Waals surface area contributed by atoms with Gasteiger partial charge in [-0.25, -0.2) is 0 Å². The third kappa shape index (κ3) is 2.39. The van der Waals surface area contributed by atoms with Gasteiger partial charge in [0, 0.05) is 41.1 Å². The summed E-state index contributed by atoms with van der Waals surface area (Å²) in [7, 11) is 0. The number of H-pyrrole nitrogens is 1. The van der Waals surface area contributed by atoms with Crippen LogP contribution in [0, 0.1) is 13.8 Å². The molecule has 1 fully saturated rings. The Morgan fingerprint density at radius 3 is 2.96 bits per heavy atom. The first-order chi connectivity index (χ1) is 11.6. The Morgan fingerprint density at radius 1 is 1.29 bits per heavy atom. The van der Waals surface area contributed by atoms with E-state index in [2.05, 4.69) is 29.9 Å². The highest BCUT2D eigenvalue weighted by Crippen LogP contribution is 2.33. The SMILES string of the molecule is Cc1[nH]c2ccc(C(=O)N3CCCC3c3cccnc3)cc2c1C. The number of aromatic nitrogens is 2. The van der Waals surface area contributed by atoms with Gasteiger partial charge in [-0.05, 0) is 62.1 Å². The second kappa shape index (κ2) is 5.78. The van der Waals surface area contributed by atoms with Gasteiger partial charge in [-0.15, -0.1) is 0 Å². The Hall–Kier alpha value is -2.62. The Morgan fingerprint density at radius 2 is 2.17 bits per heavy atom. The van der Waals surface area contributed by atoms with Gasteiger partial charge in [0.25, 0.3) is 5.91 Å². The van der Waals surface area contributed by atoms with E-state index in [9.17, 15) is 4.79 Å². The molecule has 1 aromatic carbocycles. The fraction of sp³-hybridized carbons (Fsp3) is 0.300. The summed E-state index contributed by atoms with van der Waals surface area (Å²) in [6.45, 7) is 4.97. The van der Waals surface area contributed by atoms with Gasteiger partial charge >= 0.3 is 0 Å². The average molecular weight is 319 g/mol. The molecule has 0 bridgehead atoms. The average Bonchev–Trinajstić information content (AvgIpc) is 3.21. The highest BCUT2D eigenvalue weighted by molar-refractivity contribution is 5.99. The van der Waals surface area contributed by atoms with Crippen molar-refractivity contribution in [3.05, 3.63) is 65.1 Å². The molecule has 1 aliphatic rings. The van der Waals surface area contributed by atoms with E-state index >= 15 is 0 Å². The molecule has 1 atom stereocenters. The summed E-state index contributed by atoms with van der Waals surface area (Å²) >= 11 is 0. The van der Waals surface area contributed by atoms with E-state index in [1.54, 1.807) is 6.20 Å². The first-order valence-corrected chi connectivity index (χ1v) is 8.45. The van der Waals surface area contributed by atoms with Crippen molar-refractivity contribution in [3.8, 4) is 0 Å². The topological polar surface area (TPSA) is 49.0 Å². The maximum atomic E-state index is 13.1. The smallest absolute Gasteiger partial charge is 0.254 e. The predicted molar refractivity (Wildman–Crippen MR) is 95.0 cm³/mol. The fourth-order valence-electron chi connectivity index (χ4n) is 3.69. The van der Waals surface area contributed by atoms with Crippen molar-refractivity contribution in [1.82, 2.24) is 14.9 Å². The lowest BCUT2D eigenvalue weighted by Crippen LogP contribution is -2.30. The van der Waals surface area contributed by atoms with Gasteiger partial charge in [0.05, 0.1) is 6.04 Å². The van der Waals surface area contributed by atoms with Crippen LogP contribution in [-0.2, 0) is 0 Å². The highest BCUT2D eigenvalue weighted by Gasteiger charge is 2.30. The van der Waals surface area contributed by atoms with Crippen molar-refractivity contribution >= 4 is 16.8 Å². The van der Waals surface area contributed by atoms with Gasteiger partial charge in [-0.2, -0.15) is 0 Å². The number of amides is 1. The lowest BCUT2D eigenvalue weighted by atomic mass is 10.0. The third-order valence-electron chi connectivity index (χ3n) is 5.14. The van der Waals surface area contributed by atoms with Crippen LogP contribution in [0.3, 0.4) is 0 Å². The van der Waals surface area contributed by atoms with Gasteiger partial charge in [0.2, 0.25) is 0 Å². The van der Waals surface area contributed by atoms with E-state index in [4.69, 9.17) is 0 Å². The van der Waals surface area contributed by atoms with E-state index < -0.39 is 0 Å². The molecule has 2 aromatic heterocycles. The number of likely N-dealkylation sites (tertiary alicyclic amines) is 1. The number of carbonyl (C=O) groups is 1. The summed E-state index contributed by atoms with van der Waals surface area (Å²) in [4.78, 5) is 22.7. The highest BCUT2D eigenvalue weighted by atomic mass is 16.2. The summed E-state index contributed by atoms with van der Waals surface area (Å²) in [6.07, 6.45) is 5.69. The van der Waals surface area contributed by atoms with Crippen molar-refractivity contribution in [2.75, 3.05) is 6.54 Å². The molecule has 0 saturated carbocycles. The molecule has 1 saturated heterocycles. The minimum Gasteiger partial charge on any atom is -0.358 e. The van der Waals surface area contributed by atoms with Crippen molar-refractivity contribution in [3.63, 3.8) is 0 Å². The number of pyridine rings is 1. The maximum absolute atomic E-state index is 13.1.